The van der Waals surface area contributed by atoms with Gasteiger partial charge in [-0.15, -0.1) is 0 Å². The first kappa shape index (κ1) is 22.6. The molecule has 0 aromatic rings. The number of fused-ring (bicyclic) bond motifs is 5. The van der Waals surface area contributed by atoms with E-state index in [-0.39, 0.29) is 17.6 Å². The lowest BCUT2D eigenvalue weighted by molar-refractivity contribution is -0.00814. The van der Waals surface area contributed by atoms with Gasteiger partial charge >= 0.3 is 0 Å². The van der Waals surface area contributed by atoms with Gasteiger partial charge in [0, 0.05) is 0 Å². The molecule has 2 nitrogen and oxygen atoms in total. The van der Waals surface area contributed by atoms with E-state index in [9.17, 15) is 10.2 Å². The van der Waals surface area contributed by atoms with Gasteiger partial charge in [-0.1, -0.05) is 64.8 Å². The van der Waals surface area contributed by atoms with Crippen molar-refractivity contribution < 1.29 is 10.2 Å². The minimum Gasteiger partial charge on any atom is -0.393 e. The van der Waals surface area contributed by atoms with E-state index in [0.29, 0.717) is 40.9 Å². The fourth-order valence-electron chi connectivity index (χ4n) is 8.02. The number of hydrogen-bond donors (Lipinski definition) is 2. The zero-order valence-electron chi connectivity index (χ0n) is 20.3. The summed E-state index contributed by atoms with van der Waals surface area (Å²) in [7, 11) is 0. The van der Waals surface area contributed by atoms with Gasteiger partial charge in [0.25, 0.3) is 0 Å². The number of hydrogen-bond acceptors (Lipinski definition) is 2. The molecule has 0 spiro atoms. The smallest absolute Gasteiger partial charge is 0.0578 e. The summed E-state index contributed by atoms with van der Waals surface area (Å²) in [6.07, 6.45) is 13.6. The Kier molecular flexibility index (Phi) is 6.08. The number of aliphatic hydroxyl groups excluding tert-OH is 2. The maximum atomic E-state index is 11.1. The molecule has 9 atom stereocenters. The molecular formula is C28H46O2. The zero-order chi connectivity index (χ0) is 21.8. The predicted molar refractivity (Wildman–Crippen MR) is 125 cm³/mol. The van der Waals surface area contributed by atoms with Crippen molar-refractivity contribution in [3.05, 3.63) is 23.3 Å². The van der Waals surface area contributed by atoms with E-state index in [0.717, 1.165) is 25.7 Å². The number of allylic oxidation sites excluding steroid dienone is 3. The Morgan fingerprint density at radius 3 is 2.40 bits per heavy atom. The molecule has 30 heavy (non-hydrogen) atoms. The zero-order valence-corrected chi connectivity index (χ0v) is 20.3. The minimum absolute atomic E-state index is 0.139. The van der Waals surface area contributed by atoms with Gasteiger partial charge in [0.2, 0.25) is 0 Å². The van der Waals surface area contributed by atoms with E-state index >= 15 is 0 Å². The largest absolute Gasteiger partial charge is 0.393 e. The third-order valence-corrected chi connectivity index (χ3v) is 10.6. The minimum atomic E-state index is -0.176. The second-order valence-corrected chi connectivity index (χ2v) is 12.4. The van der Waals surface area contributed by atoms with Crippen LogP contribution in [0.15, 0.2) is 23.3 Å². The van der Waals surface area contributed by atoms with Crippen LogP contribution in [0.25, 0.3) is 0 Å². The predicted octanol–water partition coefficient (Wildman–Crippen LogP) is 6.53. The van der Waals surface area contributed by atoms with Gasteiger partial charge < -0.3 is 10.2 Å². The molecule has 0 aromatic carbocycles. The monoisotopic (exact) mass is 414 g/mol. The molecule has 0 aliphatic heterocycles. The molecule has 0 unspecified atom stereocenters. The molecule has 2 N–H and O–H groups in total. The van der Waals surface area contributed by atoms with Crippen LogP contribution < -0.4 is 0 Å². The molecule has 0 saturated heterocycles. The lowest BCUT2D eigenvalue weighted by atomic mass is 9.50. The van der Waals surface area contributed by atoms with Gasteiger partial charge in [0.05, 0.1) is 12.2 Å². The second kappa shape index (κ2) is 8.07. The molecule has 0 heterocycles. The van der Waals surface area contributed by atoms with Gasteiger partial charge in [-0.3, -0.25) is 0 Å². The van der Waals surface area contributed by atoms with Gasteiger partial charge in [0.1, 0.15) is 0 Å². The Hall–Kier alpha value is -0.600. The van der Waals surface area contributed by atoms with E-state index in [2.05, 4.69) is 53.7 Å². The summed E-state index contributed by atoms with van der Waals surface area (Å²) in [6.45, 7) is 14.2. The first-order valence-corrected chi connectivity index (χ1v) is 12.8. The Labute approximate surface area is 185 Å². The molecule has 0 bridgehead atoms. The summed E-state index contributed by atoms with van der Waals surface area (Å²) in [5.41, 5.74) is 3.81. The van der Waals surface area contributed by atoms with Crippen LogP contribution in [0.4, 0.5) is 0 Å². The van der Waals surface area contributed by atoms with Gasteiger partial charge in [-0.05, 0) is 97.7 Å². The van der Waals surface area contributed by atoms with Gasteiger partial charge in [0.15, 0.2) is 0 Å². The van der Waals surface area contributed by atoms with Gasteiger partial charge in [-0.25, -0.2) is 0 Å². The van der Waals surface area contributed by atoms with E-state index in [4.69, 9.17) is 0 Å². The molecule has 3 saturated carbocycles. The second-order valence-electron chi connectivity index (χ2n) is 12.4. The van der Waals surface area contributed by atoms with Crippen molar-refractivity contribution in [2.24, 2.45) is 46.3 Å². The van der Waals surface area contributed by atoms with E-state index < -0.39 is 0 Å². The lowest BCUT2D eigenvalue weighted by Crippen LogP contribution is -2.47. The molecule has 4 rings (SSSR count). The summed E-state index contributed by atoms with van der Waals surface area (Å²) >= 11 is 0. The number of rotatable bonds is 5. The third kappa shape index (κ3) is 3.54. The topological polar surface area (TPSA) is 40.5 Å². The highest BCUT2D eigenvalue weighted by molar-refractivity contribution is 5.38. The molecule has 4 aliphatic rings. The van der Waals surface area contributed by atoms with Crippen LogP contribution in [-0.2, 0) is 0 Å². The molecule has 0 aromatic heterocycles. The molecular weight excluding hydrogens is 368 g/mol. The molecule has 0 radical (unpaired) electrons. The van der Waals surface area contributed by atoms with Crippen molar-refractivity contribution >= 4 is 0 Å². The maximum Gasteiger partial charge on any atom is 0.0578 e. The molecule has 0 amide bonds. The normalized spacial score (nSPS) is 43.8. The SMILES string of the molecule is CC(C)[C@@H](C)C[C@H](O)[C@@H](C)[C@H]1CC[C@H]2C3=CC=C4C[C@@H](O)CC[C@]4(C)[C@H]3CC[C@]12C. The van der Waals surface area contributed by atoms with Crippen molar-refractivity contribution in [2.75, 3.05) is 0 Å². The van der Waals surface area contributed by atoms with Crippen LogP contribution >= 0.6 is 0 Å². The van der Waals surface area contributed by atoms with E-state index in [1.54, 1.807) is 5.57 Å². The molecule has 3 fully saturated rings. The van der Waals surface area contributed by atoms with Crippen LogP contribution in [0.5, 0.6) is 0 Å². The van der Waals surface area contributed by atoms with Crippen molar-refractivity contribution in [1.82, 2.24) is 0 Å². The summed E-state index contributed by atoms with van der Waals surface area (Å²) < 4.78 is 0. The van der Waals surface area contributed by atoms with Gasteiger partial charge in [-0.2, -0.15) is 0 Å². The van der Waals surface area contributed by atoms with Crippen LogP contribution in [0, 0.1) is 46.3 Å². The molecule has 2 heteroatoms. The molecule has 4 aliphatic carbocycles. The highest BCUT2D eigenvalue weighted by Crippen LogP contribution is 2.66. The highest BCUT2D eigenvalue weighted by atomic mass is 16.3. The van der Waals surface area contributed by atoms with Crippen molar-refractivity contribution in [2.45, 2.75) is 105 Å². The van der Waals surface area contributed by atoms with E-state index in [1.807, 2.05) is 0 Å². The summed E-state index contributed by atoms with van der Waals surface area (Å²) in [5.74, 6) is 3.58. The fraction of sp³-hybridized carbons (Fsp3) is 0.857. The van der Waals surface area contributed by atoms with Crippen LogP contribution in [0.3, 0.4) is 0 Å². The summed E-state index contributed by atoms with van der Waals surface area (Å²) in [4.78, 5) is 0. The Morgan fingerprint density at radius 1 is 0.967 bits per heavy atom. The fourth-order valence-corrected chi connectivity index (χ4v) is 8.02. The molecule has 170 valence electrons. The summed E-state index contributed by atoms with van der Waals surface area (Å²) in [6, 6.07) is 0. The Morgan fingerprint density at radius 2 is 1.70 bits per heavy atom. The summed E-state index contributed by atoms with van der Waals surface area (Å²) in [5, 5.41) is 21.3. The lowest BCUT2D eigenvalue weighted by Gasteiger charge is -2.55. The first-order chi connectivity index (χ1) is 14.1. The van der Waals surface area contributed by atoms with Crippen molar-refractivity contribution in [3.8, 4) is 0 Å². The number of aliphatic hydroxyl groups is 2. The third-order valence-electron chi connectivity index (χ3n) is 10.6. The Balaban J connectivity index is 1.55. The Bertz CT molecular complexity index is 705. The van der Waals surface area contributed by atoms with Crippen LogP contribution in [0.2, 0.25) is 0 Å². The van der Waals surface area contributed by atoms with E-state index in [1.165, 1.54) is 31.3 Å². The van der Waals surface area contributed by atoms with Crippen LogP contribution in [-0.4, -0.2) is 22.4 Å². The highest BCUT2D eigenvalue weighted by Gasteiger charge is 2.57. The van der Waals surface area contributed by atoms with Crippen LogP contribution in [0.1, 0.15) is 92.9 Å². The average Bonchev–Trinajstić information content (AvgIpc) is 3.04. The maximum absolute atomic E-state index is 11.1. The first-order valence-electron chi connectivity index (χ1n) is 12.8. The standard InChI is InChI=1S/C28H46O2/c1-17(2)18(3)15-26(30)19(4)23-9-10-24-22-8-7-20-16-21(29)11-13-27(20,5)25(22)12-14-28(23,24)6/h7-8,17-19,21,23-26,29-30H,9-16H2,1-6H3/t18-,19-,21-,23+,24-,25-,26-,27-,28+/m0/s1. The quantitative estimate of drug-likeness (QED) is 0.537. The van der Waals surface area contributed by atoms with Crippen molar-refractivity contribution in [1.29, 1.82) is 0 Å². The average molecular weight is 415 g/mol. The van der Waals surface area contributed by atoms with Crippen molar-refractivity contribution in [3.63, 3.8) is 0 Å².